The highest BCUT2D eigenvalue weighted by Gasteiger charge is 2.29. The third-order valence-corrected chi connectivity index (χ3v) is 5.87. The number of hydrogen-bond donors (Lipinski definition) is 0. The molecule has 0 saturated carbocycles. The standard InChI is InChI=1S/C23H30N3/c1-3-7-20(8-4-1)17-22-11-12-24-23(18-22)26-15-13-25(14-16-26)19-21-9-5-2-6-10-21/h1-10,22-23H,11-19H2. The second kappa shape index (κ2) is 8.81. The molecule has 1 radical (unpaired) electrons. The Labute approximate surface area is 158 Å². The Hall–Kier alpha value is -1.68. The van der Waals surface area contributed by atoms with Crippen molar-refractivity contribution >= 4 is 0 Å². The lowest BCUT2D eigenvalue weighted by atomic mass is 9.89. The van der Waals surface area contributed by atoms with Crippen LogP contribution in [0.25, 0.3) is 0 Å². The monoisotopic (exact) mass is 348 g/mol. The van der Waals surface area contributed by atoms with Gasteiger partial charge in [-0.25, -0.2) is 5.32 Å². The largest absolute Gasteiger partial charge is 0.297 e. The van der Waals surface area contributed by atoms with E-state index in [0.29, 0.717) is 6.17 Å². The van der Waals surface area contributed by atoms with Gasteiger partial charge >= 0.3 is 0 Å². The van der Waals surface area contributed by atoms with Crippen LogP contribution in [0.4, 0.5) is 0 Å². The van der Waals surface area contributed by atoms with Gasteiger partial charge in [-0.05, 0) is 36.3 Å². The minimum absolute atomic E-state index is 0.441. The van der Waals surface area contributed by atoms with E-state index < -0.39 is 0 Å². The van der Waals surface area contributed by atoms with E-state index in [1.165, 1.54) is 30.4 Å². The van der Waals surface area contributed by atoms with E-state index in [4.69, 9.17) is 5.32 Å². The molecular weight excluding hydrogens is 318 g/mol. The summed E-state index contributed by atoms with van der Waals surface area (Å²) in [5.74, 6) is 0.780. The fraction of sp³-hybridized carbons (Fsp3) is 0.478. The fourth-order valence-corrected chi connectivity index (χ4v) is 4.36. The van der Waals surface area contributed by atoms with Crippen molar-refractivity contribution in [2.75, 3.05) is 32.7 Å². The maximum Gasteiger partial charge on any atom is 0.0764 e. The van der Waals surface area contributed by atoms with Gasteiger partial charge in [0.15, 0.2) is 0 Å². The van der Waals surface area contributed by atoms with Crippen LogP contribution in [-0.2, 0) is 13.0 Å². The third kappa shape index (κ3) is 4.73. The highest BCUT2D eigenvalue weighted by Crippen LogP contribution is 2.24. The zero-order valence-electron chi connectivity index (χ0n) is 15.6. The maximum absolute atomic E-state index is 4.96. The summed E-state index contributed by atoms with van der Waals surface area (Å²) >= 11 is 0. The zero-order chi connectivity index (χ0) is 17.6. The molecule has 2 aromatic rings. The molecule has 0 N–H and O–H groups in total. The molecule has 2 atom stereocenters. The van der Waals surface area contributed by atoms with Crippen LogP contribution < -0.4 is 5.32 Å². The lowest BCUT2D eigenvalue weighted by molar-refractivity contribution is 0.0508. The van der Waals surface area contributed by atoms with Crippen molar-refractivity contribution in [3.8, 4) is 0 Å². The highest BCUT2D eigenvalue weighted by molar-refractivity contribution is 5.16. The summed E-state index contributed by atoms with van der Waals surface area (Å²) in [6.45, 7) is 6.73. The summed E-state index contributed by atoms with van der Waals surface area (Å²) in [5, 5.41) is 4.96. The first-order valence-corrected chi connectivity index (χ1v) is 10.1. The number of benzene rings is 2. The van der Waals surface area contributed by atoms with E-state index in [-0.39, 0.29) is 0 Å². The second-order valence-corrected chi connectivity index (χ2v) is 7.76. The average molecular weight is 349 g/mol. The molecule has 2 fully saturated rings. The molecule has 2 heterocycles. The minimum atomic E-state index is 0.441. The Morgan fingerprint density at radius 1 is 0.808 bits per heavy atom. The van der Waals surface area contributed by atoms with Gasteiger partial charge < -0.3 is 0 Å². The van der Waals surface area contributed by atoms with Gasteiger partial charge in [-0.15, -0.1) is 0 Å². The van der Waals surface area contributed by atoms with Crippen LogP contribution in [0.3, 0.4) is 0 Å². The average Bonchev–Trinajstić information content (AvgIpc) is 2.70. The summed E-state index contributed by atoms with van der Waals surface area (Å²) < 4.78 is 0. The van der Waals surface area contributed by atoms with E-state index in [0.717, 1.165) is 45.2 Å². The predicted molar refractivity (Wildman–Crippen MR) is 107 cm³/mol. The first kappa shape index (κ1) is 17.7. The number of piperidine rings is 1. The first-order valence-electron chi connectivity index (χ1n) is 10.1. The van der Waals surface area contributed by atoms with Gasteiger partial charge in [0.2, 0.25) is 0 Å². The Bertz CT molecular complexity index is 650. The van der Waals surface area contributed by atoms with E-state index in [1.54, 1.807) is 0 Å². The van der Waals surface area contributed by atoms with E-state index in [2.05, 4.69) is 70.5 Å². The van der Waals surface area contributed by atoms with Crippen LogP contribution in [0, 0.1) is 5.92 Å². The van der Waals surface area contributed by atoms with E-state index in [1.807, 2.05) is 0 Å². The normalized spacial score (nSPS) is 25.2. The molecule has 2 unspecified atom stereocenters. The summed E-state index contributed by atoms with van der Waals surface area (Å²) in [4.78, 5) is 5.20. The molecular formula is C23H30N3. The van der Waals surface area contributed by atoms with Gasteiger partial charge in [0, 0.05) is 39.3 Å². The molecule has 0 spiro atoms. The second-order valence-electron chi connectivity index (χ2n) is 7.76. The van der Waals surface area contributed by atoms with Crippen molar-refractivity contribution in [3.05, 3.63) is 71.8 Å². The number of nitrogens with zero attached hydrogens (tertiary/aromatic N) is 3. The van der Waals surface area contributed by atoms with E-state index >= 15 is 0 Å². The quantitative estimate of drug-likeness (QED) is 0.826. The van der Waals surface area contributed by atoms with Crippen molar-refractivity contribution in [1.29, 1.82) is 0 Å². The molecule has 3 heteroatoms. The molecule has 2 saturated heterocycles. The van der Waals surface area contributed by atoms with Crippen LogP contribution >= 0.6 is 0 Å². The molecule has 2 aliphatic heterocycles. The van der Waals surface area contributed by atoms with Crippen LogP contribution in [0.15, 0.2) is 60.7 Å². The summed E-state index contributed by atoms with van der Waals surface area (Å²) in [6.07, 6.45) is 4.13. The van der Waals surface area contributed by atoms with Crippen molar-refractivity contribution in [1.82, 2.24) is 15.1 Å². The molecule has 0 bridgehead atoms. The molecule has 137 valence electrons. The summed E-state index contributed by atoms with van der Waals surface area (Å²) in [7, 11) is 0. The number of piperazine rings is 1. The Balaban J connectivity index is 1.26. The van der Waals surface area contributed by atoms with Crippen LogP contribution in [0.1, 0.15) is 24.0 Å². The van der Waals surface area contributed by atoms with Gasteiger partial charge in [0.05, 0.1) is 6.17 Å². The van der Waals surface area contributed by atoms with Gasteiger partial charge in [0.25, 0.3) is 0 Å². The zero-order valence-corrected chi connectivity index (χ0v) is 15.6. The summed E-state index contributed by atoms with van der Waals surface area (Å²) in [5.41, 5.74) is 2.90. The molecule has 0 amide bonds. The SMILES string of the molecule is c1ccc(CC2CC[N]C(N3CCN(Cc4ccccc4)CC3)C2)cc1. The summed E-state index contributed by atoms with van der Waals surface area (Å²) in [6, 6.07) is 21.8. The lowest BCUT2D eigenvalue weighted by Gasteiger charge is -2.42. The molecule has 26 heavy (non-hydrogen) atoms. The third-order valence-electron chi connectivity index (χ3n) is 5.87. The number of rotatable bonds is 5. The highest BCUT2D eigenvalue weighted by atomic mass is 15.3. The maximum atomic E-state index is 4.96. The smallest absolute Gasteiger partial charge is 0.0764 e. The lowest BCUT2D eigenvalue weighted by Crippen LogP contribution is -2.54. The molecule has 4 rings (SSSR count). The van der Waals surface area contributed by atoms with Crippen molar-refractivity contribution < 1.29 is 0 Å². The van der Waals surface area contributed by atoms with Crippen molar-refractivity contribution in [2.45, 2.75) is 32.0 Å². The Morgan fingerprint density at radius 2 is 1.46 bits per heavy atom. The fourth-order valence-electron chi connectivity index (χ4n) is 4.36. The molecule has 2 aromatic carbocycles. The van der Waals surface area contributed by atoms with Crippen LogP contribution in [0.5, 0.6) is 0 Å². The predicted octanol–water partition coefficient (Wildman–Crippen LogP) is 3.39. The molecule has 0 aliphatic carbocycles. The molecule has 0 aromatic heterocycles. The van der Waals surface area contributed by atoms with Crippen molar-refractivity contribution in [3.63, 3.8) is 0 Å². The molecule has 3 nitrogen and oxygen atoms in total. The van der Waals surface area contributed by atoms with Crippen LogP contribution in [-0.4, -0.2) is 48.7 Å². The number of hydrogen-bond acceptors (Lipinski definition) is 2. The van der Waals surface area contributed by atoms with Gasteiger partial charge in [-0.3, -0.25) is 9.80 Å². The van der Waals surface area contributed by atoms with Gasteiger partial charge in [-0.1, -0.05) is 60.7 Å². The Morgan fingerprint density at radius 3 is 2.15 bits per heavy atom. The van der Waals surface area contributed by atoms with Gasteiger partial charge in [-0.2, -0.15) is 0 Å². The van der Waals surface area contributed by atoms with Crippen molar-refractivity contribution in [2.24, 2.45) is 5.92 Å². The topological polar surface area (TPSA) is 20.6 Å². The minimum Gasteiger partial charge on any atom is -0.297 e. The van der Waals surface area contributed by atoms with Gasteiger partial charge in [0.1, 0.15) is 0 Å². The Kier molecular flexibility index (Phi) is 6.00. The van der Waals surface area contributed by atoms with Crippen LogP contribution in [0.2, 0.25) is 0 Å². The molecule has 2 aliphatic rings. The van der Waals surface area contributed by atoms with E-state index in [9.17, 15) is 0 Å². The first-order chi connectivity index (χ1) is 12.9.